The Labute approximate surface area is 180 Å². The van der Waals surface area contributed by atoms with Crippen molar-refractivity contribution < 1.29 is 9.59 Å². The lowest BCUT2D eigenvalue weighted by Crippen LogP contribution is -2.15. The van der Waals surface area contributed by atoms with Gasteiger partial charge in [-0.1, -0.05) is 30.0 Å². The number of rotatable bonds is 6. The first kappa shape index (κ1) is 20.4. The van der Waals surface area contributed by atoms with Gasteiger partial charge >= 0.3 is 0 Å². The Morgan fingerprint density at radius 3 is 2.39 bits per heavy atom. The number of amides is 2. The van der Waals surface area contributed by atoms with E-state index in [1.807, 2.05) is 30.3 Å². The molecule has 0 atom stereocenters. The molecule has 31 heavy (non-hydrogen) atoms. The van der Waals surface area contributed by atoms with E-state index in [-0.39, 0.29) is 23.1 Å². The number of fused-ring (bicyclic) bond motifs is 1. The lowest BCUT2D eigenvalue weighted by Gasteiger charge is -2.07. The Bertz CT molecular complexity index is 1300. The van der Waals surface area contributed by atoms with Crippen molar-refractivity contribution in [2.45, 2.75) is 12.1 Å². The van der Waals surface area contributed by atoms with Gasteiger partial charge in [0.05, 0.1) is 17.6 Å². The number of H-pyrrole nitrogens is 1. The van der Waals surface area contributed by atoms with Gasteiger partial charge in [0.15, 0.2) is 10.8 Å². The molecule has 0 saturated heterocycles. The maximum Gasteiger partial charge on any atom is 0.262 e. The summed E-state index contributed by atoms with van der Waals surface area (Å²) in [5.74, 6) is -0.363. The van der Waals surface area contributed by atoms with Crippen LogP contribution in [0.4, 0.5) is 11.4 Å². The van der Waals surface area contributed by atoms with E-state index in [9.17, 15) is 14.4 Å². The van der Waals surface area contributed by atoms with Gasteiger partial charge < -0.3 is 15.6 Å². The van der Waals surface area contributed by atoms with E-state index in [0.717, 1.165) is 17.4 Å². The molecular formula is C21H18N6O3S. The summed E-state index contributed by atoms with van der Waals surface area (Å²) in [7, 11) is 0. The van der Waals surface area contributed by atoms with Crippen LogP contribution in [-0.4, -0.2) is 37.3 Å². The van der Waals surface area contributed by atoms with Gasteiger partial charge in [0.1, 0.15) is 5.39 Å². The maximum absolute atomic E-state index is 12.4. The largest absolute Gasteiger partial charge is 0.326 e. The Hall–Kier alpha value is -3.92. The fourth-order valence-electron chi connectivity index (χ4n) is 2.90. The summed E-state index contributed by atoms with van der Waals surface area (Å²) < 4.78 is 1.59. The Balaban J connectivity index is 1.45. The van der Waals surface area contributed by atoms with Crippen molar-refractivity contribution in [1.29, 1.82) is 0 Å². The molecule has 2 amide bonds. The zero-order valence-electron chi connectivity index (χ0n) is 16.5. The van der Waals surface area contributed by atoms with Crippen molar-refractivity contribution >= 4 is 46.0 Å². The lowest BCUT2D eigenvalue weighted by molar-refractivity contribution is -0.114. The van der Waals surface area contributed by atoms with Crippen LogP contribution in [0.25, 0.3) is 16.7 Å². The first-order valence-electron chi connectivity index (χ1n) is 9.33. The summed E-state index contributed by atoms with van der Waals surface area (Å²) in [5.41, 5.74) is 2.13. The van der Waals surface area contributed by atoms with Crippen molar-refractivity contribution in [2.24, 2.45) is 0 Å². The third kappa shape index (κ3) is 4.81. The van der Waals surface area contributed by atoms with Gasteiger partial charge in [-0.05, 0) is 36.4 Å². The van der Waals surface area contributed by atoms with Gasteiger partial charge in [0.2, 0.25) is 11.8 Å². The second kappa shape index (κ2) is 8.84. The summed E-state index contributed by atoms with van der Waals surface area (Å²) in [6.07, 6.45) is 1.47. The van der Waals surface area contributed by atoms with Gasteiger partial charge in [-0.3, -0.25) is 14.4 Å². The molecule has 4 aromatic rings. The normalized spacial score (nSPS) is 10.7. The highest BCUT2D eigenvalue weighted by Gasteiger charge is 2.13. The summed E-state index contributed by atoms with van der Waals surface area (Å²) in [5, 5.41) is 10.4. The second-order valence-electron chi connectivity index (χ2n) is 6.60. The molecule has 0 unspecified atom stereocenters. The molecule has 2 aromatic carbocycles. The number of hydrogen-bond donors (Lipinski definition) is 3. The van der Waals surface area contributed by atoms with Crippen LogP contribution in [0.3, 0.4) is 0 Å². The fourth-order valence-corrected chi connectivity index (χ4v) is 3.55. The molecule has 0 fully saturated rings. The number of benzene rings is 2. The van der Waals surface area contributed by atoms with Crippen LogP contribution in [-0.2, 0) is 9.59 Å². The molecule has 0 bridgehead atoms. The molecule has 156 valence electrons. The molecule has 0 spiro atoms. The van der Waals surface area contributed by atoms with Crippen molar-refractivity contribution in [3.05, 3.63) is 71.1 Å². The number of carbonyl (C=O) groups is 2. The Morgan fingerprint density at radius 1 is 1.03 bits per heavy atom. The van der Waals surface area contributed by atoms with Crippen LogP contribution in [0.5, 0.6) is 0 Å². The minimum atomic E-state index is -0.316. The minimum Gasteiger partial charge on any atom is -0.326 e. The second-order valence-corrected chi connectivity index (χ2v) is 7.56. The van der Waals surface area contributed by atoms with E-state index in [1.54, 1.807) is 28.9 Å². The predicted octanol–water partition coefficient (Wildman–Crippen LogP) is 2.80. The number of thioether (sulfide) groups is 1. The lowest BCUT2D eigenvalue weighted by atomic mass is 10.3. The van der Waals surface area contributed by atoms with Crippen LogP contribution in [0.1, 0.15) is 6.92 Å². The molecule has 0 aliphatic carbocycles. The maximum atomic E-state index is 12.4. The van der Waals surface area contributed by atoms with Crippen molar-refractivity contribution in [3.63, 3.8) is 0 Å². The number of nitrogens with zero attached hydrogens (tertiary/aromatic N) is 3. The number of para-hydroxylation sites is 1. The monoisotopic (exact) mass is 434 g/mol. The van der Waals surface area contributed by atoms with Gasteiger partial charge in [-0.15, -0.1) is 0 Å². The number of nitrogens with one attached hydrogen (secondary N) is 3. The van der Waals surface area contributed by atoms with E-state index in [2.05, 4.69) is 25.7 Å². The molecule has 0 aliphatic heterocycles. The third-order valence-corrected chi connectivity index (χ3v) is 5.12. The molecular weight excluding hydrogens is 416 g/mol. The summed E-state index contributed by atoms with van der Waals surface area (Å²) in [4.78, 5) is 42.9. The van der Waals surface area contributed by atoms with Crippen LogP contribution in [0, 0.1) is 0 Å². The van der Waals surface area contributed by atoms with E-state index in [4.69, 9.17) is 0 Å². The first-order valence-corrected chi connectivity index (χ1v) is 10.3. The molecule has 3 N–H and O–H groups in total. The van der Waals surface area contributed by atoms with Crippen molar-refractivity contribution in [3.8, 4) is 5.69 Å². The van der Waals surface area contributed by atoms with E-state index in [0.29, 0.717) is 27.6 Å². The molecule has 0 aliphatic rings. The standard InChI is InChI=1S/C21H18N6O3S/c1-13(28)23-14-7-9-15(10-8-14)24-18(29)12-31-21-25-19-17(20(30)26-21)11-22-27(19)16-5-3-2-4-6-16/h2-11H,12H2,1H3,(H,23,28)(H,24,29)(H,25,26,30). The topological polar surface area (TPSA) is 122 Å². The van der Waals surface area contributed by atoms with E-state index >= 15 is 0 Å². The zero-order chi connectivity index (χ0) is 21.8. The average Bonchev–Trinajstić information content (AvgIpc) is 3.19. The molecule has 4 rings (SSSR count). The van der Waals surface area contributed by atoms with Gasteiger partial charge in [-0.25, -0.2) is 9.67 Å². The highest BCUT2D eigenvalue weighted by Crippen LogP contribution is 2.19. The van der Waals surface area contributed by atoms with Gasteiger partial charge in [-0.2, -0.15) is 5.10 Å². The summed E-state index contributed by atoms with van der Waals surface area (Å²) in [6.45, 7) is 1.43. The van der Waals surface area contributed by atoms with E-state index in [1.165, 1.54) is 13.1 Å². The number of carbonyl (C=O) groups excluding carboxylic acids is 2. The number of hydrogen-bond acceptors (Lipinski definition) is 6. The predicted molar refractivity (Wildman–Crippen MR) is 120 cm³/mol. The van der Waals surface area contributed by atoms with Crippen LogP contribution in [0.2, 0.25) is 0 Å². The smallest absolute Gasteiger partial charge is 0.262 e. The number of anilines is 2. The highest BCUT2D eigenvalue weighted by atomic mass is 32.2. The van der Waals surface area contributed by atoms with Gasteiger partial charge in [0, 0.05) is 18.3 Å². The molecule has 10 heteroatoms. The first-order chi connectivity index (χ1) is 15.0. The van der Waals surface area contributed by atoms with Gasteiger partial charge in [0.25, 0.3) is 5.56 Å². The SMILES string of the molecule is CC(=O)Nc1ccc(NC(=O)CSc2nc3c(cnn3-c3ccccc3)c(=O)[nH]2)cc1. The summed E-state index contributed by atoms with van der Waals surface area (Å²) >= 11 is 1.12. The van der Waals surface area contributed by atoms with Crippen LogP contribution >= 0.6 is 11.8 Å². The molecule has 9 nitrogen and oxygen atoms in total. The number of aromatic nitrogens is 4. The van der Waals surface area contributed by atoms with Crippen LogP contribution in [0.15, 0.2) is 70.7 Å². The fraction of sp³-hybridized carbons (Fsp3) is 0.0952. The molecule has 2 aromatic heterocycles. The Kier molecular flexibility index (Phi) is 5.80. The minimum absolute atomic E-state index is 0.0569. The summed E-state index contributed by atoms with van der Waals surface area (Å²) in [6, 6.07) is 16.2. The number of aromatic amines is 1. The van der Waals surface area contributed by atoms with Crippen molar-refractivity contribution in [1.82, 2.24) is 19.7 Å². The highest BCUT2D eigenvalue weighted by molar-refractivity contribution is 7.99. The zero-order valence-corrected chi connectivity index (χ0v) is 17.3. The molecule has 0 radical (unpaired) electrons. The molecule has 0 saturated carbocycles. The average molecular weight is 434 g/mol. The quantitative estimate of drug-likeness (QED) is 0.317. The van der Waals surface area contributed by atoms with Crippen molar-refractivity contribution in [2.75, 3.05) is 16.4 Å². The molecule has 2 heterocycles. The van der Waals surface area contributed by atoms with E-state index < -0.39 is 0 Å². The van der Waals surface area contributed by atoms with Crippen LogP contribution < -0.4 is 16.2 Å². The Morgan fingerprint density at radius 2 is 1.71 bits per heavy atom. The third-order valence-electron chi connectivity index (χ3n) is 4.25.